The fourth-order valence-corrected chi connectivity index (χ4v) is 2.07. The van der Waals surface area contributed by atoms with E-state index in [0.717, 1.165) is 34.6 Å². The molecule has 0 aliphatic heterocycles. The summed E-state index contributed by atoms with van der Waals surface area (Å²) in [4.78, 5) is 4.38. The second-order valence-corrected chi connectivity index (χ2v) is 4.62. The van der Waals surface area contributed by atoms with E-state index >= 15 is 0 Å². The van der Waals surface area contributed by atoms with Gasteiger partial charge in [0.25, 0.3) is 0 Å². The van der Waals surface area contributed by atoms with E-state index < -0.39 is 0 Å². The normalized spacial score (nSPS) is 10.5. The highest BCUT2D eigenvalue weighted by atomic mass is 32.2. The van der Waals surface area contributed by atoms with Gasteiger partial charge >= 0.3 is 0 Å². The lowest BCUT2D eigenvalue weighted by Gasteiger charge is -2.10. The lowest BCUT2D eigenvalue weighted by molar-refractivity contribution is 0.420. The molecule has 0 bridgehead atoms. The molecule has 0 aliphatic carbocycles. The van der Waals surface area contributed by atoms with Gasteiger partial charge in [0.1, 0.15) is 11.6 Å². The lowest BCUT2D eigenvalue weighted by atomic mass is 10.1. The number of thioether (sulfide) groups is 1. The molecule has 1 heterocycles. The number of hydrogen-bond donors (Lipinski definition) is 1. The number of benzene rings is 1. The Kier molecular flexibility index (Phi) is 4.09. The monoisotopic (exact) mass is 248 g/mol. The molecular formula is C13H16N2OS. The van der Waals surface area contributed by atoms with Crippen molar-refractivity contribution in [1.29, 1.82) is 0 Å². The Balaban J connectivity index is 2.36. The van der Waals surface area contributed by atoms with Gasteiger partial charge < -0.3 is 10.1 Å². The Hall–Kier alpha value is -1.42. The highest BCUT2D eigenvalue weighted by Gasteiger charge is 2.05. The van der Waals surface area contributed by atoms with Gasteiger partial charge in [0.15, 0.2) is 0 Å². The van der Waals surface area contributed by atoms with Crippen molar-refractivity contribution in [1.82, 2.24) is 4.98 Å². The minimum absolute atomic E-state index is 0.887. The second kappa shape index (κ2) is 5.77. The number of methoxy groups -OCH3 is 1. The van der Waals surface area contributed by atoms with Crippen LogP contribution in [0.1, 0.15) is 0 Å². The topological polar surface area (TPSA) is 34.1 Å². The molecule has 1 N–H and O–H groups in total. The van der Waals surface area contributed by atoms with Crippen LogP contribution in [0.15, 0.2) is 30.5 Å². The number of hydrogen-bond acceptors (Lipinski definition) is 4. The zero-order valence-corrected chi connectivity index (χ0v) is 10.9. The predicted octanol–water partition coefficient (Wildman–Crippen LogP) is 3.02. The van der Waals surface area contributed by atoms with Crippen LogP contribution in [0.3, 0.4) is 0 Å². The fourth-order valence-electron chi connectivity index (χ4n) is 1.77. The zero-order chi connectivity index (χ0) is 12.1. The first kappa shape index (κ1) is 12.0. The lowest BCUT2D eigenvalue weighted by Crippen LogP contribution is -2.05. The summed E-state index contributed by atoms with van der Waals surface area (Å²) < 4.78 is 5.35. The predicted molar refractivity (Wildman–Crippen MR) is 75.2 cm³/mol. The number of rotatable bonds is 5. The maximum atomic E-state index is 5.35. The molecule has 90 valence electrons. The summed E-state index contributed by atoms with van der Waals surface area (Å²) in [6.45, 7) is 0.921. The van der Waals surface area contributed by atoms with Gasteiger partial charge in [-0.25, -0.2) is 4.98 Å². The molecule has 4 heteroatoms. The van der Waals surface area contributed by atoms with Crippen molar-refractivity contribution in [3.8, 4) is 5.75 Å². The van der Waals surface area contributed by atoms with E-state index in [2.05, 4.69) is 22.6 Å². The minimum atomic E-state index is 0.887. The summed E-state index contributed by atoms with van der Waals surface area (Å²) in [7, 11) is 1.69. The molecule has 0 saturated carbocycles. The Labute approximate surface area is 106 Å². The third-order valence-electron chi connectivity index (χ3n) is 2.58. The largest absolute Gasteiger partial charge is 0.496 e. The first-order valence-electron chi connectivity index (χ1n) is 5.51. The van der Waals surface area contributed by atoms with E-state index in [9.17, 15) is 0 Å². The molecule has 1 aromatic heterocycles. The van der Waals surface area contributed by atoms with Gasteiger partial charge in [0, 0.05) is 29.3 Å². The molecule has 0 spiro atoms. The Bertz CT molecular complexity index is 502. The van der Waals surface area contributed by atoms with Gasteiger partial charge in [-0.2, -0.15) is 11.8 Å². The van der Waals surface area contributed by atoms with E-state index in [1.807, 2.05) is 36.2 Å². The summed E-state index contributed by atoms with van der Waals surface area (Å²) in [6, 6.07) is 8.00. The molecule has 17 heavy (non-hydrogen) atoms. The first-order chi connectivity index (χ1) is 8.36. The summed E-state index contributed by atoms with van der Waals surface area (Å²) >= 11 is 1.82. The summed E-state index contributed by atoms with van der Waals surface area (Å²) in [5.74, 6) is 2.88. The average Bonchev–Trinajstić information content (AvgIpc) is 2.38. The van der Waals surface area contributed by atoms with Crippen LogP contribution in [0, 0.1) is 0 Å². The molecule has 0 aliphatic rings. The number of ether oxygens (including phenoxy) is 1. The summed E-state index contributed by atoms with van der Waals surface area (Å²) in [5, 5.41) is 5.55. The van der Waals surface area contributed by atoms with Crippen LogP contribution in [0.4, 0.5) is 5.82 Å². The number of fused-ring (bicyclic) bond motifs is 1. The van der Waals surface area contributed by atoms with E-state index in [1.165, 1.54) is 0 Å². The first-order valence-corrected chi connectivity index (χ1v) is 6.90. The van der Waals surface area contributed by atoms with Crippen LogP contribution in [0.25, 0.3) is 10.8 Å². The van der Waals surface area contributed by atoms with E-state index in [0.29, 0.717) is 0 Å². The van der Waals surface area contributed by atoms with Gasteiger partial charge in [-0.1, -0.05) is 12.1 Å². The number of aromatic nitrogens is 1. The molecule has 0 atom stereocenters. The third kappa shape index (κ3) is 2.64. The van der Waals surface area contributed by atoms with Gasteiger partial charge in [-0.05, 0) is 18.4 Å². The fraction of sp³-hybridized carbons (Fsp3) is 0.308. The van der Waals surface area contributed by atoms with Gasteiger partial charge in [-0.3, -0.25) is 0 Å². The third-order valence-corrected chi connectivity index (χ3v) is 3.20. The van der Waals surface area contributed by atoms with Crippen molar-refractivity contribution < 1.29 is 4.74 Å². The maximum Gasteiger partial charge on any atom is 0.133 e. The second-order valence-electron chi connectivity index (χ2n) is 3.63. The van der Waals surface area contributed by atoms with E-state index in [-0.39, 0.29) is 0 Å². The number of pyridine rings is 1. The van der Waals surface area contributed by atoms with Crippen molar-refractivity contribution in [2.45, 2.75) is 0 Å². The molecular weight excluding hydrogens is 232 g/mol. The summed E-state index contributed by atoms with van der Waals surface area (Å²) in [5.41, 5.74) is 0. The van der Waals surface area contributed by atoms with Crippen LogP contribution in [0.2, 0.25) is 0 Å². The molecule has 2 aromatic rings. The van der Waals surface area contributed by atoms with Crippen LogP contribution < -0.4 is 10.1 Å². The summed E-state index contributed by atoms with van der Waals surface area (Å²) in [6.07, 6.45) is 3.91. The van der Waals surface area contributed by atoms with E-state index in [4.69, 9.17) is 4.74 Å². The highest BCUT2D eigenvalue weighted by molar-refractivity contribution is 7.98. The van der Waals surface area contributed by atoms with Crippen LogP contribution >= 0.6 is 11.8 Å². The van der Waals surface area contributed by atoms with Crippen LogP contribution in [-0.4, -0.2) is 30.6 Å². The SMILES string of the molecule is COc1cccc2c(NCCSC)nccc12. The Morgan fingerprint density at radius 3 is 2.94 bits per heavy atom. The van der Waals surface area contributed by atoms with Crippen molar-refractivity contribution in [2.75, 3.05) is 31.0 Å². The van der Waals surface area contributed by atoms with Crippen molar-refractivity contribution in [3.05, 3.63) is 30.5 Å². The standard InChI is InChI=1S/C13H16N2OS/c1-16-12-5-3-4-11-10(12)6-7-14-13(11)15-8-9-17-2/h3-7H,8-9H2,1-2H3,(H,14,15). The van der Waals surface area contributed by atoms with Crippen LogP contribution in [-0.2, 0) is 0 Å². The highest BCUT2D eigenvalue weighted by Crippen LogP contribution is 2.28. The number of anilines is 1. The molecule has 0 fully saturated rings. The zero-order valence-electron chi connectivity index (χ0n) is 10.1. The van der Waals surface area contributed by atoms with Crippen LogP contribution in [0.5, 0.6) is 5.75 Å². The van der Waals surface area contributed by atoms with E-state index in [1.54, 1.807) is 7.11 Å². The molecule has 3 nitrogen and oxygen atoms in total. The molecule has 0 saturated heterocycles. The minimum Gasteiger partial charge on any atom is -0.496 e. The Morgan fingerprint density at radius 2 is 2.18 bits per heavy atom. The average molecular weight is 248 g/mol. The molecule has 2 rings (SSSR count). The molecule has 1 aromatic carbocycles. The van der Waals surface area contributed by atoms with Gasteiger partial charge in [0.05, 0.1) is 7.11 Å². The molecule has 0 radical (unpaired) electrons. The van der Waals surface area contributed by atoms with Crippen molar-refractivity contribution in [2.24, 2.45) is 0 Å². The number of nitrogens with zero attached hydrogens (tertiary/aromatic N) is 1. The molecule has 0 unspecified atom stereocenters. The quantitative estimate of drug-likeness (QED) is 0.825. The smallest absolute Gasteiger partial charge is 0.133 e. The van der Waals surface area contributed by atoms with Crippen molar-refractivity contribution >= 4 is 28.4 Å². The van der Waals surface area contributed by atoms with Crippen molar-refractivity contribution in [3.63, 3.8) is 0 Å². The van der Waals surface area contributed by atoms with Gasteiger partial charge in [0.2, 0.25) is 0 Å². The molecule has 0 amide bonds. The maximum absolute atomic E-state index is 5.35. The Morgan fingerprint density at radius 1 is 1.29 bits per heavy atom. The van der Waals surface area contributed by atoms with Gasteiger partial charge in [-0.15, -0.1) is 0 Å². The number of nitrogens with one attached hydrogen (secondary N) is 1.